The Morgan fingerprint density at radius 2 is 2.04 bits per heavy atom. The Labute approximate surface area is 142 Å². The number of hydrogen-bond acceptors (Lipinski definition) is 4. The lowest BCUT2D eigenvalue weighted by Crippen LogP contribution is -2.34. The van der Waals surface area contributed by atoms with Gasteiger partial charge < -0.3 is 10.1 Å². The quantitative estimate of drug-likeness (QED) is 0.762. The molecule has 1 heterocycles. The summed E-state index contributed by atoms with van der Waals surface area (Å²) in [5, 5.41) is 3.04. The van der Waals surface area contributed by atoms with Crippen LogP contribution in [0.5, 0.6) is 5.75 Å². The molecule has 3 N–H and O–H groups in total. The molecule has 3 rings (SSSR count). The van der Waals surface area contributed by atoms with Crippen molar-refractivity contribution < 1.29 is 9.53 Å². The number of hydrogen-bond donors (Lipinski definition) is 3. The molecule has 0 radical (unpaired) electrons. The van der Waals surface area contributed by atoms with Gasteiger partial charge in [0.25, 0.3) is 0 Å². The SMILES string of the molecule is CCOc1cccc(CNC(=O)C2CNNC2c2ccccc2)c1. The number of nitrogens with one attached hydrogen (secondary N) is 3. The lowest BCUT2D eigenvalue weighted by atomic mass is 9.94. The van der Waals surface area contributed by atoms with Crippen LogP contribution in [-0.2, 0) is 11.3 Å². The van der Waals surface area contributed by atoms with E-state index in [1.807, 2.05) is 61.5 Å². The molecule has 0 saturated carbocycles. The summed E-state index contributed by atoms with van der Waals surface area (Å²) in [5.74, 6) is 0.737. The van der Waals surface area contributed by atoms with Gasteiger partial charge in [0.2, 0.25) is 5.91 Å². The molecule has 5 nitrogen and oxygen atoms in total. The smallest absolute Gasteiger partial charge is 0.226 e. The zero-order valence-electron chi connectivity index (χ0n) is 13.8. The maximum atomic E-state index is 12.6. The van der Waals surface area contributed by atoms with Crippen LogP contribution in [0.2, 0.25) is 0 Å². The second-order valence-electron chi connectivity index (χ2n) is 5.82. The molecule has 0 aromatic heterocycles. The number of hydrazine groups is 1. The monoisotopic (exact) mass is 325 g/mol. The lowest BCUT2D eigenvalue weighted by Gasteiger charge is -2.18. The van der Waals surface area contributed by atoms with Gasteiger partial charge in [0.15, 0.2) is 0 Å². The molecular formula is C19H23N3O2. The second kappa shape index (κ2) is 7.95. The van der Waals surface area contributed by atoms with E-state index < -0.39 is 0 Å². The highest BCUT2D eigenvalue weighted by molar-refractivity contribution is 5.80. The molecule has 5 heteroatoms. The molecule has 1 aliphatic rings. The largest absolute Gasteiger partial charge is 0.494 e. The number of carbonyl (C=O) groups excluding carboxylic acids is 1. The molecule has 2 atom stereocenters. The average molecular weight is 325 g/mol. The molecule has 0 bridgehead atoms. The van der Waals surface area contributed by atoms with E-state index in [0.717, 1.165) is 16.9 Å². The molecule has 1 fully saturated rings. The van der Waals surface area contributed by atoms with E-state index in [0.29, 0.717) is 19.7 Å². The van der Waals surface area contributed by atoms with Crippen LogP contribution in [0.1, 0.15) is 24.1 Å². The maximum Gasteiger partial charge on any atom is 0.226 e. The third kappa shape index (κ3) is 3.93. The van der Waals surface area contributed by atoms with Crippen molar-refractivity contribution in [3.8, 4) is 5.75 Å². The molecule has 2 unspecified atom stereocenters. The van der Waals surface area contributed by atoms with E-state index in [9.17, 15) is 4.79 Å². The first-order chi connectivity index (χ1) is 11.8. The molecule has 0 aliphatic carbocycles. The van der Waals surface area contributed by atoms with Crippen molar-refractivity contribution in [3.63, 3.8) is 0 Å². The van der Waals surface area contributed by atoms with Crippen molar-refractivity contribution in [2.75, 3.05) is 13.2 Å². The highest BCUT2D eigenvalue weighted by Gasteiger charge is 2.33. The van der Waals surface area contributed by atoms with Crippen molar-refractivity contribution in [2.45, 2.75) is 19.5 Å². The van der Waals surface area contributed by atoms with Crippen molar-refractivity contribution in [3.05, 3.63) is 65.7 Å². The number of ether oxygens (including phenoxy) is 1. The fourth-order valence-electron chi connectivity index (χ4n) is 2.95. The van der Waals surface area contributed by atoms with Gasteiger partial charge in [0.05, 0.1) is 18.6 Å². The van der Waals surface area contributed by atoms with Crippen molar-refractivity contribution >= 4 is 5.91 Å². The molecule has 2 aromatic rings. The summed E-state index contributed by atoms with van der Waals surface area (Å²) >= 11 is 0. The van der Waals surface area contributed by atoms with Crippen molar-refractivity contribution in [1.29, 1.82) is 0 Å². The molecule has 1 saturated heterocycles. The molecular weight excluding hydrogens is 302 g/mol. The minimum absolute atomic E-state index is 0.0130. The van der Waals surface area contributed by atoms with E-state index >= 15 is 0 Å². The first kappa shape index (κ1) is 16.5. The highest BCUT2D eigenvalue weighted by Crippen LogP contribution is 2.24. The van der Waals surface area contributed by atoms with Crippen LogP contribution in [0, 0.1) is 5.92 Å². The molecule has 2 aromatic carbocycles. The predicted molar refractivity (Wildman–Crippen MR) is 93.3 cm³/mol. The Hall–Kier alpha value is -2.37. The summed E-state index contributed by atoms with van der Waals surface area (Å²) in [6.07, 6.45) is 0. The average Bonchev–Trinajstić information content (AvgIpc) is 3.11. The first-order valence-electron chi connectivity index (χ1n) is 8.30. The fourth-order valence-corrected chi connectivity index (χ4v) is 2.95. The number of amides is 1. The summed E-state index contributed by atoms with van der Waals surface area (Å²) in [5.41, 5.74) is 8.44. The topological polar surface area (TPSA) is 62.4 Å². The number of carbonyl (C=O) groups is 1. The number of benzene rings is 2. The summed E-state index contributed by atoms with van der Waals surface area (Å²) in [6.45, 7) is 3.70. The van der Waals surface area contributed by atoms with Gasteiger partial charge in [-0.3, -0.25) is 10.2 Å². The first-order valence-corrected chi connectivity index (χ1v) is 8.30. The zero-order chi connectivity index (χ0) is 16.8. The van der Waals surface area contributed by atoms with E-state index in [2.05, 4.69) is 16.2 Å². The fraction of sp³-hybridized carbons (Fsp3) is 0.316. The lowest BCUT2D eigenvalue weighted by molar-refractivity contribution is -0.125. The Bertz CT molecular complexity index is 675. The van der Waals surface area contributed by atoms with Crippen LogP contribution in [0.4, 0.5) is 0 Å². The maximum absolute atomic E-state index is 12.6. The van der Waals surface area contributed by atoms with Gasteiger partial charge in [0.1, 0.15) is 5.75 Å². The second-order valence-corrected chi connectivity index (χ2v) is 5.82. The van der Waals surface area contributed by atoms with Crippen LogP contribution in [0.3, 0.4) is 0 Å². The highest BCUT2D eigenvalue weighted by atomic mass is 16.5. The van der Waals surface area contributed by atoms with E-state index in [4.69, 9.17) is 4.74 Å². The minimum atomic E-state index is -0.137. The van der Waals surface area contributed by atoms with Crippen molar-refractivity contribution in [2.24, 2.45) is 5.92 Å². The Morgan fingerprint density at radius 3 is 2.83 bits per heavy atom. The van der Waals surface area contributed by atoms with Gasteiger partial charge in [-0.2, -0.15) is 0 Å². The van der Waals surface area contributed by atoms with Crippen LogP contribution in [-0.4, -0.2) is 19.1 Å². The van der Waals surface area contributed by atoms with Gasteiger partial charge >= 0.3 is 0 Å². The van der Waals surface area contributed by atoms with E-state index in [1.54, 1.807) is 0 Å². The standard InChI is InChI=1S/C19H23N3O2/c1-2-24-16-10-6-7-14(11-16)12-20-19(23)17-13-21-22-18(17)15-8-4-3-5-9-15/h3-11,17-18,21-22H,2,12-13H2,1H3,(H,20,23). The Balaban J connectivity index is 1.61. The predicted octanol–water partition coefficient (Wildman–Crippen LogP) is 2.17. The van der Waals surface area contributed by atoms with Crippen LogP contribution in [0.15, 0.2) is 54.6 Å². The van der Waals surface area contributed by atoms with Gasteiger partial charge in [-0.05, 0) is 30.2 Å². The van der Waals surface area contributed by atoms with E-state index in [1.165, 1.54) is 0 Å². The summed E-state index contributed by atoms with van der Waals surface area (Å²) in [6, 6.07) is 17.8. The number of rotatable bonds is 6. The summed E-state index contributed by atoms with van der Waals surface area (Å²) in [4.78, 5) is 12.6. The minimum Gasteiger partial charge on any atom is -0.494 e. The molecule has 1 aliphatic heterocycles. The molecule has 1 amide bonds. The summed E-state index contributed by atoms with van der Waals surface area (Å²) in [7, 11) is 0. The normalized spacial score (nSPS) is 19.9. The molecule has 0 spiro atoms. The third-order valence-electron chi connectivity index (χ3n) is 4.15. The third-order valence-corrected chi connectivity index (χ3v) is 4.15. The summed E-state index contributed by atoms with van der Waals surface area (Å²) < 4.78 is 5.50. The molecule has 24 heavy (non-hydrogen) atoms. The van der Waals surface area contributed by atoms with Gasteiger partial charge in [-0.1, -0.05) is 42.5 Å². The van der Waals surface area contributed by atoms with Crippen LogP contribution < -0.4 is 20.9 Å². The van der Waals surface area contributed by atoms with Gasteiger partial charge in [-0.15, -0.1) is 0 Å². The van der Waals surface area contributed by atoms with Crippen LogP contribution >= 0.6 is 0 Å². The van der Waals surface area contributed by atoms with Crippen LogP contribution in [0.25, 0.3) is 0 Å². The Kier molecular flexibility index (Phi) is 5.46. The van der Waals surface area contributed by atoms with Gasteiger partial charge in [-0.25, -0.2) is 5.43 Å². The molecule has 126 valence electrons. The van der Waals surface area contributed by atoms with Gasteiger partial charge in [0, 0.05) is 13.1 Å². The van der Waals surface area contributed by atoms with E-state index in [-0.39, 0.29) is 17.9 Å². The van der Waals surface area contributed by atoms with Crippen molar-refractivity contribution in [1.82, 2.24) is 16.2 Å². The Morgan fingerprint density at radius 1 is 1.21 bits per heavy atom. The zero-order valence-corrected chi connectivity index (χ0v) is 13.8.